The third kappa shape index (κ3) is 3.36. The molecule has 2 N–H and O–H groups in total. The largest absolute Gasteiger partial charge is 0.364 e. The van der Waals surface area contributed by atoms with Gasteiger partial charge >= 0.3 is 0 Å². The summed E-state index contributed by atoms with van der Waals surface area (Å²) < 4.78 is 5.73. The fourth-order valence-corrected chi connectivity index (χ4v) is 3.09. The predicted molar refractivity (Wildman–Crippen MR) is 82.4 cm³/mol. The molecule has 1 amide bonds. The lowest BCUT2D eigenvalue weighted by Crippen LogP contribution is -2.41. The van der Waals surface area contributed by atoms with E-state index in [9.17, 15) is 4.79 Å². The maximum Gasteiger partial charge on any atom is 0.251 e. The van der Waals surface area contributed by atoms with Crippen LogP contribution in [0.5, 0.6) is 0 Å². The van der Waals surface area contributed by atoms with Crippen LogP contribution in [0.4, 0.5) is 5.82 Å². The van der Waals surface area contributed by atoms with Gasteiger partial charge < -0.3 is 20.3 Å². The highest BCUT2D eigenvalue weighted by Gasteiger charge is 2.33. The van der Waals surface area contributed by atoms with Crippen LogP contribution in [0.3, 0.4) is 0 Å². The molecule has 2 aliphatic rings. The molecular formula is C15H23N5O2. The van der Waals surface area contributed by atoms with E-state index in [0.717, 1.165) is 44.7 Å². The molecule has 7 heteroatoms. The highest BCUT2D eigenvalue weighted by Crippen LogP contribution is 2.21. The van der Waals surface area contributed by atoms with Crippen LogP contribution in [0.1, 0.15) is 19.3 Å². The van der Waals surface area contributed by atoms with E-state index in [2.05, 4.69) is 15.1 Å². The van der Waals surface area contributed by atoms with Crippen LogP contribution in [0, 0.1) is 0 Å². The molecule has 3 rings (SSSR count). The van der Waals surface area contributed by atoms with Gasteiger partial charge in [-0.15, -0.1) is 5.10 Å². The summed E-state index contributed by atoms with van der Waals surface area (Å²) in [5.74, 6) is 0.981. The molecule has 3 heterocycles. The normalized spacial score (nSPS) is 26.0. The summed E-state index contributed by atoms with van der Waals surface area (Å²) in [5.41, 5.74) is 5.61. The van der Waals surface area contributed by atoms with Gasteiger partial charge in [0.05, 0.1) is 6.10 Å². The van der Waals surface area contributed by atoms with E-state index < -0.39 is 0 Å². The molecule has 1 aromatic heterocycles. The number of hydrogen-bond donors (Lipinski definition) is 1. The minimum absolute atomic E-state index is 0.0389. The third-order valence-electron chi connectivity index (χ3n) is 4.34. The number of nitrogens with zero attached hydrogens (tertiary/aromatic N) is 4. The molecule has 0 radical (unpaired) electrons. The van der Waals surface area contributed by atoms with Gasteiger partial charge in [-0.05, 0) is 31.4 Å². The molecule has 0 aromatic carbocycles. The number of rotatable bonds is 3. The van der Waals surface area contributed by atoms with E-state index in [4.69, 9.17) is 10.5 Å². The van der Waals surface area contributed by atoms with E-state index in [-0.39, 0.29) is 18.1 Å². The first kappa shape index (κ1) is 15.2. The third-order valence-corrected chi connectivity index (χ3v) is 4.34. The molecule has 7 nitrogen and oxygen atoms in total. The van der Waals surface area contributed by atoms with E-state index in [0.29, 0.717) is 13.1 Å². The van der Waals surface area contributed by atoms with Crippen molar-refractivity contribution in [2.75, 3.05) is 37.6 Å². The predicted octanol–water partition coefficient (Wildman–Crippen LogP) is 0.0216. The van der Waals surface area contributed by atoms with Gasteiger partial charge in [0.2, 0.25) is 0 Å². The van der Waals surface area contributed by atoms with Crippen molar-refractivity contribution in [3.8, 4) is 0 Å². The van der Waals surface area contributed by atoms with Crippen molar-refractivity contribution in [2.24, 2.45) is 5.73 Å². The van der Waals surface area contributed by atoms with Crippen molar-refractivity contribution in [1.82, 2.24) is 15.1 Å². The SMILES string of the molecule is NC[C@H]1CC[C@@H](C(=O)N2CCCN(c3cccnn3)CC2)O1. The lowest BCUT2D eigenvalue weighted by molar-refractivity contribution is -0.142. The minimum Gasteiger partial charge on any atom is -0.364 e. The molecule has 2 fully saturated rings. The van der Waals surface area contributed by atoms with Gasteiger partial charge in [0, 0.05) is 38.9 Å². The molecule has 2 saturated heterocycles. The monoisotopic (exact) mass is 305 g/mol. The number of amides is 1. The number of ether oxygens (including phenoxy) is 1. The topological polar surface area (TPSA) is 84.6 Å². The molecule has 0 aliphatic carbocycles. The lowest BCUT2D eigenvalue weighted by atomic mass is 10.2. The van der Waals surface area contributed by atoms with Crippen LogP contribution in [-0.2, 0) is 9.53 Å². The first-order valence-corrected chi connectivity index (χ1v) is 7.95. The Bertz CT molecular complexity index is 498. The Labute approximate surface area is 130 Å². The smallest absolute Gasteiger partial charge is 0.251 e. The maximum atomic E-state index is 12.6. The quantitative estimate of drug-likeness (QED) is 0.847. The van der Waals surface area contributed by atoms with Crippen LogP contribution >= 0.6 is 0 Å². The fourth-order valence-electron chi connectivity index (χ4n) is 3.09. The van der Waals surface area contributed by atoms with Gasteiger partial charge in [0.1, 0.15) is 6.10 Å². The van der Waals surface area contributed by atoms with Crippen LogP contribution < -0.4 is 10.6 Å². The zero-order valence-corrected chi connectivity index (χ0v) is 12.7. The average molecular weight is 305 g/mol. The maximum absolute atomic E-state index is 12.6. The first-order chi connectivity index (χ1) is 10.8. The Hall–Kier alpha value is -1.73. The molecule has 2 atom stereocenters. The summed E-state index contributed by atoms with van der Waals surface area (Å²) in [5, 5.41) is 8.07. The number of aromatic nitrogens is 2. The molecular weight excluding hydrogens is 282 g/mol. The van der Waals surface area contributed by atoms with Crippen LogP contribution in [0.25, 0.3) is 0 Å². The summed E-state index contributed by atoms with van der Waals surface area (Å²) in [6.07, 6.45) is 3.99. The summed E-state index contributed by atoms with van der Waals surface area (Å²) in [7, 11) is 0. The fraction of sp³-hybridized carbons (Fsp3) is 0.667. The Morgan fingerprint density at radius 3 is 2.95 bits per heavy atom. The van der Waals surface area contributed by atoms with Crippen molar-refractivity contribution >= 4 is 11.7 Å². The Morgan fingerprint density at radius 1 is 1.32 bits per heavy atom. The van der Waals surface area contributed by atoms with Gasteiger partial charge in [-0.1, -0.05) is 0 Å². The van der Waals surface area contributed by atoms with Gasteiger partial charge in [-0.3, -0.25) is 4.79 Å². The Balaban J connectivity index is 1.57. The molecule has 2 aliphatic heterocycles. The first-order valence-electron chi connectivity index (χ1n) is 7.95. The van der Waals surface area contributed by atoms with E-state index in [1.54, 1.807) is 6.20 Å². The molecule has 1 aromatic rings. The molecule has 22 heavy (non-hydrogen) atoms. The van der Waals surface area contributed by atoms with Crippen molar-refractivity contribution in [1.29, 1.82) is 0 Å². The standard InChI is InChI=1S/C15H23N5O2/c16-11-12-4-5-13(22-12)15(21)20-8-2-7-19(9-10-20)14-3-1-6-17-18-14/h1,3,6,12-13H,2,4-5,7-11,16H2/t12-,13+/m1/s1. The minimum atomic E-state index is -0.309. The van der Waals surface area contributed by atoms with Gasteiger partial charge in [-0.25, -0.2) is 0 Å². The van der Waals surface area contributed by atoms with E-state index >= 15 is 0 Å². The molecule has 120 valence electrons. The van der Waals surface area contributed by atoms with Crippen molar-refractivity contribution in [3.63, 3.8) is 0 Å². The summed E-state index contributed by atoms with van der Waals surface area (Å²) in [4.78, 5) is 16.7. The van der Waals surface area contributed by atoms with Gasteiger partial charge in [-0.2, -0.15) is 5.10 Å². The van der Waals surface area contributed by atoms with Crippen molar-refractivity contribution in [3.05, 3.63) is 18.3 Å². The molecule has 0 saturated carbocycles. The summed E-state index contributed by atoms with van der Waals surface area (Å²) in [6, 6.07) is 3.84. The highest BCUT2D eigenvalue weighted by atomic mass is 16.5. The number of carbonyl (C=O) groups excluding carboxylic acids is 1. The molecule has 0 unspecified atom stereocenters. The zero-order valence-electron chi connectivity index (χ0n) is 12.7. The second kappa shape index (κ2) is 7.02. The molecule has 0 bridgehead atoms. The lowest BCUT2D eigenvalue weighted by Gasteiger charge is -2.24. The highest BCUT2D eigenvalue weighted by molar-refractivity contribution is 5.81. The second-order valence-electron chi connectivity index (χ2n) is 5.81. The average Bonchev–Trinajstić information content (AvgIpc) is 2.92. The number of anilines is 1. The Morgan fingerprint density at radius 2 is 2.23 bits per heavy atom. The number of nitrogens with two attached hydrogens (primary N) is 1. The number of hydrogen-bond acceptors (Lipinski definition) is 6. The summed E-state index contributed by atoms with van der Waals surface area (Å²) >= 11 is 0. The second-order valence-corrected chi connectivity index (χ2v) is 5.81. The van der Waals surface area contributed by atoms with Crippen molar-refractivity contribution in [2.45, 2.75) is 31.5 Å². The van der Waals surface area contributed by atoms with Gasteiger partial charge in [0.25, 0.3) is 5.91 Å². The molecule has 0 spiro atoms. The van der Waals surface area contributed by atoms with Crippen LogP contribution in [0.2, 0.25) is 0 Å². The zero-order chi connectivity index (χ0) is 15.4. The Kier molecular flexibility index (Phi) is 4.84. The van der Waals surface area contributed by atoms with E-state index in [1.165, 1.54) is 0 Å². The van der Waals surface area contributed by atoms with E-state index in [1.807, 2.05) is 17.0 Å². The van der Waals surface area contributed by atoms with Crippen LogP contribution in [0.15, 0.2) is 18.3 Å². The van der Waals surface area contributed by atoms with Gasteiger partial charge in [0.15, 0.2) is 5.82 Å². The van der Waals surface area contributed by atoms with Crippen LogP contribution in [-0.4, -0.2) is 65.9 Å². The number of carbonyl (C=O) groups is 1. The van der Waals surface area contributed by atoms with Crippen molar-refractivity contribution < 1.29 is 9.53 Å². The summed E-state index contributed by atoms with van der Waals surface area (Å²) in [6.45, 7) is 3.62.